The molecule has 1 aromatic carbocycles. The van der Waals surface area contributed by atoms with Crippen molar-refractivity contribution in [2.75, 3.05) is 33.2 Å². The van der Waals surface area contributed by atoms with Crippen LogP contribution in [-0.4, -0.2) is 49.1 Å². The fourth-order valence-corrected chi connectivity index (χ4v) is 3.37. The fourth-order valence-electron chi connectivity index (χ4n) is 3.37. The maximum absolute atomic E-state index is 13.5. The molecule has 118 valence electrons. The summed E-state index contributed by atoms with van der Waals surface area (Å²) in [6, 6.07) is 6.10. The molecule has 0 bridgehead atoms. The van der Waals surface area contributed by atoms with Crippen molar-refractivity contribution < 1.29 is 4.39 Å². The van der Waals surface area contributed by atoms with Gasteiger partial charge in [0.05, 0.1) is 0 Å². The second kappa shape index (κ2) is 7.34. The Morgan fingerprint density at radius 2 is 2.14 bits per heavy atom. The zero-order valence-corrected chi connectivity index (χ0v) is 13.5. The maximum Gasteiger partial charge on any atom is 0.126 e. The zero-order valence-electron chi connectivity index (χ0n) is 13.5. The lowest BCUT2D eigenvalue weighted by atomic mass is 10.00. The van der Waals surface area contributed by atoms with Crippen molar-refractivity contribution in [2.24, 2.45) is 5.73 Å². The van der Waals surface area contributed by atoms with E-state index in [2.05, 4.69) is 23.8 Å². The first-order chi connectivity index (χ1) is 10.1. The molecule has 1 fully saturated rings. The van der Waals surface area contributed by atoms with Gasteiger partial charge in [-0.2, -0.15) is 0 Å². The minimum absolute atomic E-state index is 0.142. The molecule has 0 saturated carbocycles. The van der Waals surface area contributed by atoms with Gasteiger partial charge in [0, 0.05) is 31.7 Å². The van der Waals surface area contributed by atoms with Crippen LogP contribution in [0.4, 0.5) is 4.39 Å². The van der Waals surface area contributed by atoms with E-state index in [1.165, 1.54) is 0 Å². The zero-order chi connectivity index (χ0) is 15.4. The van der Waals surface area contributed by atoms with E-state index in [4.69, 9.17) is 5.73 Å². The summed E-state index contributed by atoms with van der Waals surface area (Å²) in [7, 11) is 2.19. The molecule has 0 amide bonds. The molecule has 21 heavy (non-hydrogen) atoms. The molecule has 1 aliphatic rings. The van der Waals surface area contributed by atoms with Crippen molar-refractivity contribution in [2.45, 2.75) is 38.8 Å². The molecular formula is C17H28FN3. The van der Waals surface area contributed by atoms with E-state index in [0.29, 0.717) is 18.2 Å². The normalized spacial score (nSPS) is 23.0. The molecule has 1 saturated heterocycles. The highest BCUT2D eigenvalue weighted by molar-refractivity contribution is 5.27. The van der Waals surface area contributed by atoms with E-state index in [1.54, 1.807) is 6.07 Å². The van der Waals surface area contributed by atoms with Crippen molar-refractivity contribution in [1.29, 1.82) is 0 Å². The molecule has 0 aromatic heterocycles. The third kappa shape index (κ3) is 3.82. The minimum atomic E-state index is -0.142. The number of halogens is 1. The molecule has 2 atom stereocenters. The monoisotopic (exact) mass is 293 g/mol. The van der Waals surface area contributed by atoms with E-state index in [0.717, 1.165) is 38.0 Å². The molecule has 4 heteroatoms. The van der Waals surface area contributed by atoms with E-state index in [9.17, 15) is 4.39 Å². The van der Waals surface area contributed by atoms with Crippen molar-refractivity contribution in [3.8, 4) is 0 Å². The Kier molecular flexibility index (Phi) is 5.73. The van der Waals surface area contributed by atoms with Crippen LogP contribution in [0.25, 0.3) is 0 Å². The van der Waals surface area contributed by atoms with Crippen LogP contribution in [0.15, 0.2) is 18.2 Å². The lowest BCUT2D eigenvalue weighted by Gasteiger charge is -2.37. The molecule has 1 aliphatic heterocycles. The number of likely N-dealkylation sites (N-methyl/N-ethyl adjacent to an activating group) is 1. The molecule has 1 aromatic rings. The van der Waals surface area contributed by atoms with Gasteiger partial charge in [-0.1, -0.05) is 19.1 Å². The molecule has 0 aliphatic carbocycles. The Hall–Kier alpha value is -0.970. The van der Waals surface area contributed by atoms with Gasteiger partial charge in [0.1, 0.15) is 5.82 Å². The summed E-state index contributed by atoms with van der Waals surface area (Å²) in [5.74, 6) is -0.142. The van der Waals surface area contributed by atoms with Crippen molar-refractivity contribution in [3.05, 3.63) is 35.1 Å². The summed E-state index contributed by atoms with van der Waals surface area (Å²) in [5.41, 5.74) is 7.92. The van der Waals surface area contributed by atoms with E-state index in [-0.39, 0.29) is 11.9 Å². The third-order valence-corrected chi connectivity index (χ3v) is 4.61. The average Bonchev–Trinajstić information content (AvgIpc) is 2.65. The first kappa shape index (κ1) is 16.4. The van der Waals surface area contributed by atoms with Crippen LogP contribution < -0.4 is 5.73 Å². The number of nitrogens with zero attached hydrogens (tertiary/aromatic N) is 2. The molecule has 2 N–H and O–H groups in total. The van der Waals surface area contributed by atoms with Gasteiger partial charge in [0.2, 0.25) is 0 Å². The van der Waals surface area contributed by atoms with Crippen LogP contribution in [0.5, 0.6) is 0 Å². The second-order valence-corrected chi connectivity index (χ2v) is 6.18. The Balaban J connectivity index is 2.27. The predicted molar refractivity (Wildman–Crippen MR) is 85.8 cm³/mol. The van der Waals surface area contributed by atoms with Gasteiger partial charge in [-0.05, 0) is 50.6 Å². The smallest absolute Gasteiger partial charge is 0.126 e. The van der Waals surface area contributed by atoms with Gasteiger partial charge < -0.3 is 10.6 Å². The molecule has 2 unspecified atom stereocenters. The molecule has 0 radical (unpaired) electrons. The maximum atomic E-state index is 13.5. The summed E-state index contributed by atoms with van der Waals surface area (Å²) in [6.07, 6.45) is 2.27. The number of aryl methyl sites for hydroxylation is 1. The molecule has 2 rings (SSSR count). The van der Waals surface area contributed by atoms with Gasteiger partial charge in [0.15, 0.2) is 0 Å². The summed E-state index contributed by atoms with van der Waals surface area (Å²) < 4.78 is 13.5. The van der Waals surface area contributed by atoms with Crippen LogP contribution in [0.3, 0.4) is 0 Å². The summed E-state index contributed by atoms with van der Waals surface area (Å²) >= 11 is 0. The number of rotatable bonds is 4. The Morgan fingerprint density at radius 3 is 2.76 bits per heavy atom. The quantitative estimate of drug-likeness (QED) is 0.926. The fraction of sp³-hybridized carbons (Fsp3) is 0.647. The number of nitrogens with two attached hydrogens (primary N) is 1. The molecule has 0 spiro atoms. The Morgan fingerprint density at radius 1 is 1.38 bits per heavy atom. The van der Waals surface area contributed by atoms with Crippen LogP contribution in [0, 0.1) is 12.7 Å². The minimum Gasteiger partial charge on any atom is -0.329 e. The van der Waals surface area contributed by atoms with Gasteiger partial charge in [0.25, 0.3) is 0 Å². The van der Waals surface area contributed by atoms with E-state index >= 15 is 0 Å². The van der Waals surface area contributed by atoms with Crippen LogP contribution >= 0.6 is 0 Å². The molecule has 3 nitrogen and oxygen atoms in total. The first-order valence-corrected chi connectivity index (χ1v) is 7.97. The van der Waals surface area contributed by atoms with Crippen LogP contribution in [-0.2, 0) is 0 Å². The average molecular weight is 293 g/mol. The standard InChI is InChI=1S/C17H28FN3/c1-4-15-12-20(3)8-5-9-21(15)17(11-19)14-6-7-16(18)13(2)10-14/h6-7,10,15,17H,4-5,8-9,11-12,19H2,1-3H3. The summed E-state index contributed by atoms with van der Waals surface area (Å²) in [5, 5.41) is 0. The van der Waals surface area contributed by atoms with Crippen molar-refractivity contribution in [1.82, 2.24) is 9.80 Å². The van der Waals surface area contributed by atoms with E-state index < -0.39 is 0 Å². The highest BCUT2D eigenvalue weighted by Crippen LogP contribution is 2.27. The van der Waals surface area contributed by atoms with Crippen molar-refractivity contribution >= 4 is 0 Å². The van der Waals surface area contributed by atoms with Gasteiger partial charge in [-0.25, -0.2) is 4.39 Å². The van der Waals surface area contributed by atoms with Crippen molar-refractivity contribution in [3.63, 3.8) is 0 Å². The number of hydrogen-bond donors (Lipinski definition) is 1. The topological polar surface area (TPSA) is 32.5 Å². The number of benzene rings is 1. The molecule has 1 heterocycles. The second-order valence-electron chi connectivity index (χ2n) is 6.18. The highest BCUT2D eigenvalue weighted by atomic mass is 19.1. The molecular weight excluding hydrogens is 265 g/mol. The summed E-state index contributed by atoms with van der Waals surface area (Å²) in [6.45, 7) is 7.90. The SMILES string of the molecule is CCC1CN(C)CCCN1C(CN)c1ccc(F)c(C)c1. The lowest BCUT2D eigenvalue weighted by molar-refractivity contribution is 0.131. The Labute approximate surface area is 127 Å². The highest BCUT2D eigenvalue weighted by Gasteiger charge is 2.28. The van der Waals surface area contributed by atoms with Gasteiger partial charge in [-0.15, -0.1) is 0 Å². The largest absolute Gasteiger partial charge is 0.329 e. The lowest BCUT2D eigenvalue weighted by Crippen LogP contribution is -2.44. The number of hydrogen-bond acceptors (Lipinski definition) is 3. The third-order valence-electron chi connectivity index (χ3n) is 4.61. The summed E-state index contributed by atoms with van der Waals surface area (Å²) in [4.78, 5) is 4.92. The predicted octanol–water partition coefficient (Wildman–Crippen LogP) is 2.55. The van der Waals surface area contributed by atoms with Gasteiger partial charge >= 0.3 is 0 Å². The van der Waals surface area contributed by atoms with Crippen LogP contribution in [0.2, 0.25) is 0 Å². The van der Waals surface area contributed by atoms with Crippen LogP contribution in [0.1, 0.15) is 36.9 Å². The first-order valence-electron chi connectivity index (χ1n) is 7.97. The van der Waals surface area contributed by atoms with E-state index in [1.807, 2.05) is 19.1 Å². The Bertz CT molecular complexity index is 463. The van der Waals surface area contributed by atoms with Gasteiger partial charge in [-0.3, -0.25) is 4.90 Å².